The van der Waals surface area contributed by atoms with E-state index < -0.39 is 0 Å². The van der Waals surface area contributed by atoms with E-state index in [2.05, 4.69) is 47.8 Å². The molecule has 2 rings (SSSR count). The van der Waals surface area contributed by atoms with Crippen molar-refractivity contribution in [3.63, 3.8) is 0 Å². The highest BCUT2D eigenvalue weighted by atomic mass is 16.5. The minimum Gasteiger partial charge on any atom is -0.459 e. The average Bonchev–Trinajstić information content (AvgIpc) is 2.74. The molecule has 0 aromatic heterocycles. The van der Waals surface area contributed by atoms with E-state index in [-0.39, 0.29) is 6.04 Å². The maximum Gasteiger partial charge on any atom is 0.136 e. The van der Waals surface area contributed by atoms with E-state index in [1.807, 2.05) is 25.1 Å². The van der Waals surface area contributed by atoms with Crippen LogP contribution in [0.25, 0.3) is 5.70 Å². The summed E-state index contributed by atoms with van der Waals surface area (Å²) in [6.07, 6.45) is 15.2. The van der Waals surface area contributed by atoms with Crippen LogP contribution in [0.1, 0.15) is 39.2 Å². The molecule has 1 atom stereocenters. The van der Waals surface area contributed by atoms with E-state index in [1.54, 1.807) is 12.2 Å². The molecule has 1 aromatic rings. The number of allylic oxidation sites excluding steroid dienone is 4. The lowest BCUT2D eigenvalue weighted by Gasteiger charge is -2.37. The average molecular weight is 394 g/mol. The lowest BCUT2D eigenvalue weighted by atomic mass is 10.1. The number of benzene rings is 1. The third-order valence-electron chi connectivity index (χ3n) is 5.11. The Morgan fingerprint density at radius 1 is 1.28 bits per heavy atom. The van der Waals surface area contributed by atoms with Gasteiger partial charge in [-0.3, -0.25) is 4.90 Å². The van der Waals surface area contributed by atoms with Crippen LogP contribution in [-0.4, -0.2) is 48.6 Å². The maximum absolute atomic E-state index is 6.24. The number of unbranched alkanes of at least 4 members (excludes halogenated alkanes) is 1. The smallest absolute Gasteiger partial charge is 0.136 e. The maximum atomic E-state index is 6.24. The monoisotopic (exact) mass is 393 g/mol. The fourth-order valence-electron chi connectivity index (χ4n) is 3.47. The zero-order valence-corrected chi connectivity index (χ0v) is 18.1. The fraction of sp³-hybridized carbons (Fsp3) is 0.440. The molecule has 4 heteroatoms. The predicted molar refractivity (Wildman–Crippen MR) is 123 cm³/mol. The van der Waals surface area contributed by atoms with Crippen molar-refractivity contribution in [1.82, 2.24) is 9.80 Å². The quantitative estimate of drug-likeness (QED) is 0.387. The van der Waals surface area contributed by atoms with Crippen molar-refractivity contribution < 1.29 is 4.74 Å². The molecular weight excluding hydrogens is 358 g/mol. The van der Waals surface area contributed by atoms with Gasteiger partial charge in [-0.25, -0.2) is 0 Å². The molecule has 156 valence electrons. The second kappa shape index (κ2) is 12.2. The Kier molecular flexibility index (Phi) is 9.56. The number of rotatable bonds is 9. The van der Waals surface area contributed by atoms with Crippen LogP contribution in [0.4, 0.5) is 0 Å². The fourth-order valence-corrected chi connectivity index (χ4v) is 3.47. The summed E-state index contributed by atoms with van der Waals surface area (Å²) in [5.41, 5.74) is 8.41. The Balaban J connectivity index is 2.19. The zero-order valence-electron chi connectivity index (χ0n) is 18.1. The molecule has 4 nitrogen and oxygen atoms in total. The number of para-hydroxylation sites is 1. The Morgan fingerprint density at radius 3 is 2.62 bits per heavy atom. The Labute approximate surface area is 176 Å². The first kappa shape index (κ1) is 22.8. The standard InChI is InChI=1S/C25H35N3O/c1-5-8-10-14-24(21(4)26)29-25-15-12-11-13-22(25)23(7-3)28-19-17-27(18-20-28)16-9-6-2/h1,7-8,10-15,21H,6,9,16-20,26H2,2-4H3/b10-8-,23-7+,24-14+. The number of nitrogens with zero attached hydrogens (tertiary/aromatic N) is 2. The van der Waals surface area contributed by atoms with Gasteiger partial charge >= 0.3 is 0 Å². The van der Waals surface area contributed by atoms with Gasteiger partial charge in [0.25, 0.3) is 0 Å². The Bertz CT molecular complexity index is 763. The molecule has 0 radical (unpaired) electrons. The van der Waals surface area contributed by atoms with Crippen LogP contribution in [0.5, 0.6) is 5.75 Å². The molecule has 1 heterocycles. The highest BCUT2D eigenvalue weighted by Crippen LogP contribution is 2.31. The second-order valence-electron chi connectivity index (χ2n) is 7.34. The van der Waals surface area contributed by atoms with Gasteiger partial charge in [0.1, 0.15) is 11.5 Å². The Hall–Kier alpha value is -2.48. The normalized spacial score (nSPS) is 17.4. The summed E-state index contributed by atoms with van der Waals surface area (Å²) >= 11 is 0. The van der Waals surface area contributed by atoms with Crippen LogP contribution in [0.15, 0.2) is 54.3 Å². The van der Waals surface area contributed by atoms with E-state index in [1.165, 1.54) is 25.1 Å². The van der Waals surface area contributed by atoms with Gasteiger partial charge in [-0.2, -0.15) is 0 Å². The van der Waals surface area contributed by atoms with Crippen LogP contribution in [0, 0.1) is 12.3 Å². The van der Waals surface area contributed by atoms with Gasteiger partial charge in [-0.1, -0.05) is 43.5 Å². The second-order valence-corrected chi connectivity index (χ2v) is 7.34. The molecule has 1 aliphatic heterocycles. The molecule has 0 amide bonds. The largest absolute Gasteiger partial charge is 0.459 e. The summed E-state index contributed by atoms with van der Waals surface area (Å²) in [5.74, 6) is 3.98. The first-order valence-corrected chi connectivity index (χ1v) is 10.6. The molecule has 1 aromatic carbocycles. The predicted octanol–water partition coefficient (Wildman–Crippen LogP) is 4.26. The van der Waals surface area contributed by atoms with Crippen LogP contribution in [0.2, 0.25) is 0 Å². The molecule has 0 saturated carbocycles. The molecule has 2 N–H and O–H groups in total. The van der Waals surface area contributed by atoms with Crippen molar-refractivity contribution in [2.75, 3.05) is 32.7 Å². The number of terminal acetylenes is 1. The van der Waals surface area contributed by atoms with Crippen molar-refractivity contribution in [1.29, 1.82) is 0 Å². The van der Waals surface area contributed by atoms with Crippen molar-refractivity contribution in [3.8, 4) is 18.1 Å². The van der Waals surface area contributed by atoms with Crippen LogP contribution < -0.4 is 10.5 Å². The molecule has 0 aliphatic carbocycles. The van der Waals surface area contributed by atoms with E-state index >= 15 is 0 Å². The molecule has 0 bridgehead atoms. The summed E-state index contributed by atoms with van der Waals surface area (Å²) < 4.78 is 6.24. The lowest BCUT2D eigenvalue weighted by molar-refractivity contribution is 0.173. The third-order valence-corrected chi connectivity index (χ3v) is 5.11. The summed E-state index contributed by atoms with van der Waals surface area (Å²) in [4.78, 5) is 5.02. The number of piperazine rings is 1. The molecule has 1 fully saturated rings. The van der Waals surface area contributed by atoms with Crippen molar-refractivity contribution in [2.24, 2.45) is 5.73 Å². The van der Waals surface area contributed by atoms with Crippen LogP contribution in [-0.2, 0) is 0 Å². The van der Waals surface area contributed by atoms with E-state index in [4.69, 9.17) is 16.9 Å². The highest BCUT2D eigenvalue weighted by molar-refractivity contribution is 5.69. The molecule has 0 spiro atoms. The van der Waals surface area contributed by atoms with Gasteiger partial charge in [0.05, 0.1) is 6.04 Å². The van der Waals surface area contributed by atoms with Crippen molar-refractivity contribution in [2.45, 2.75) is 39.7 Å². The van der Waals surface area contributed by atoms with Crippen molar-refractivity contribution >= 4 is 5.70 Å². The number of hydrogen-bond donors (Lipinski definition) is 1. The molecular formula is C25H35N3O. The van der Waals surface area contributed by atoms with Gasteiger partial charge < -0.3 is 15.4 Å². The van der Waals surface area contributed by atoms with Gasteiger partial charge in [0.2, 0.25) is 0 Å². The molecule has 1 unspecified atom stereocenters. The lowest BCUT2D eigenvalue weighted by Crippen LogP contribution is -2.45. The SMILES string of the molecule is C#C/C=C\C=C(\Oc1ccccc1/C(=C\C)N1CCN(CCCC)CC1)C(C)N. The summed E-state index contributed by atoms with van der Waals surface area (Å²) in [6.45, 7) is 11.7. The molecule has 1 saturated heterocycles. The summed E-state index contributed by atoms with van der Waals surface area (Å²) in [5, 5.41) is 0. The van der Waals surface area contributed by atoms with Gasteiger partial charge in [-0.05, 0) is 51.1 Å². The molecule has 1 aliphatic rings. The van der Waals surface area contributed by atoms with E-state index in [0.29, 0.717) is 5.76 Å². The number of ether oxygens (including phenoxy) is 1. The Morgan fingerprint density at radius 2 is 2.00 bits per heavy atom. The van der Waals surface area contributed by atoms with Crippen LogP contribution >= 0.6 is 0 Å². The zero-order chi connectivity index (χ0) is 21.1. The molecule has 29 heavy (non-hydrogen) atoms. The van der Waals surface area contributed by atoms with Gasteiger partial charge in [0, 0.05) is 37.4 Å². The topological polar surface area (TPSA) is 41.7 Å². The van der Waals surface area contributed by atoms with Gasteiger partial charge in [0.15, 0.2) is 0 Å². The van der Waals surface area contributed by atoms with Crippen LogP contribution in [0.3, 0.4) is 0 Å². The minimum absolute atomic E-state index is 0.235. The van der Waals surface area contributed by atoms with Crippen molar-refractivity contribution in [3.05, 3.63) is 59.9 Å². The van der Waals surface area contributed by atoms with E-state index in [9.17, 15) is 0 Å². The first-order chi connectivity index (χ1) is 14.1. The van der Waals surface area contributed by atoms with E-state index in [0.717, 1.165) is 37.5 Å². The highest BCUT2D eigenvalue weighted by Gasteiger charge is 2.21. The first-order valence-electron chi connectivity index (χ1n) is 10.6. The van der Waals surface area contributed by atoms with Gasteiger partial charge in [-0.15, -0.1) is 6.42 Å². The minimum atomic E-state index is -0.235. The third kappa shape index (κ3) is 6.81. The summed E-state index contributed by atoms with van der Waals surface area (Å²) in [7, 11) is 0. The number of nitrogens with two attached hydrogens (primary N) is 1. The number of hydrogen-bond acceptors (Lipinski definition) is 4. The summed E-state index contributed by atoms with van der Waals surface area (Å²) in [6, 6.07) is 7.92.